The normalized spacial score (nSPS) is 22.5. The molecular formula is C16H18N4. The Morgan fingerprint density at radius 2 is 2.20 bits per heavy atom. The fourth-order valence-electron chi connectivity index (χ4n) is 3.05. The molecule has 1 atom stereocenters. The number of imidazole rings is 1. The van der Waals surface area contributed by atoms with E-state index in [9.17, 15) is 0 Å². The Morgan fingerprint density at radius 1 is 1.30 bits per heavy atom. The SMILES string of the molecule is [2H]C([2H])([2H])N1C=CN(c2cc3c(cc2C)Cc2nccn2-3)[C@H]1C. The minimum Gasteiger partial charge on any atom is -0.359 e. The molecule has 0 N–H and O–H groups in total. The number of aryl methyl sites for hydroxylation is 1. The molecule has 2 aliphatic heterocycles. The fourth-order valence-corrected chi connectivity index (χ4v) is 3.05. The van der Waals surface area contributed by atoms with E-state index >= 15 is 0 Å². The van der Waals surface area contributed by atoms with Gasteiger partial charge in [-0.15, -0.1) is 0 Å². The van der Waals surface area contributed by atoms with Crippen molar-refractivity contribution in [1.29, 1.82) is 0 Å². The number of aromatic nitrogens is 2. The molecule has 0 spiro atoms. The molecule has 1 aromatic carbocycles. The van der Waals surface area contributed by atoms with Gasteiger partial charge in [0.25, 0.3) is 0 Å². The van der Waals surface area contributed by atoms with Gasteiger partial charge in [0.15, 0.2) is 0 Å². The van der Waals surface area contributed by atoms with Crippen LogP contribution in [-0.2, 0) is 6.42 Å². The number of anilines is 1. The zero-order valence-corrected chi connectivity index (χ0v) is 11.5. The predicted molar refractivity (Wildman–Crippen MR) is 80.0 cm³/mol. The van der Waals surface area contributed by atoms with Gasteiger partial charge in [-0.2, -0.15) is 0 Å². The number of rotatable bonds is 1. The Labute approximate surface area is 123 Å². The molecule has 2 aliphatic rings. The summed E-state index contributed by atoms with van der Waals surface area (Å²) in [5, 5.41) is 0. The summed E-state index contributed by atoms with van der Waals surface area (Å²) in [6.45, 7) is 1.84. The molecule has 0 saturated carbocycles. The van der Waals surface area contributed by atoms with Gasteiger partial charge >= 0.3 is 0 Å². The van der Waals surface area contributed by atoms with E-state index in [4.69, 9.17) is 4.11 Å². The summed E-state index contributed by atoms with van der Waals surface area (Å²) < 4.78 is 25.0. The molecule has 0 fully saturated rings. The van der Waals surface area contributed by atoms with Crippen LogP contribution in [0.4, 0.5) is 5.69 Å². The molecule has 3 heterocycles. The van der Waals surface area contributed by atoms with Crippen molar-refractivity contribution < 1.29 is 4.11 Å². The van der Waals surface area contributed by atoms with Gasteiger partial charge < -0.3 is 14.4 Å². The Balaban J connectivity index is 1.75. The van der Waals surface area contributed by atoms with E-state index in [0.717, 1.165) is 29.2 Å². The second kappa shape index (κ2) is 3.88. The van der Waals surface area contributed by atoms with Gasteiger partial charge in [-0.25, -0.2) is 4.98 Å². The third-order valence-corrected chi connectivity index (χ3v) is 4.19. The van der Waals surface area contributed by atoms with Gasteiger partial charge in [0, 0.05) is 48.0 Å². The van der Waals surface area contributed by atoms with Crippen LogP contribution in [0, 0.1) is 6.92 Å². The van der Waals surface area contributed by atoms with Gasteiger partial charge in [0.2, 0.25) is 0 Å². The van der Waals surface area contributed by atoms with E-state index in [1.165, 1.54) is 10.5 Å². The lowest BCUT2D eigenvalue weighted by molar-refractivity contribution is 0.383. The Hall–Kier alpha value is -2.23. The van der Waals surface area contributed by atoms with Crippen molar-refractivity contribution in [2.45, 2.75) is 26.4 Å². The van der Waals surface area contributed by atoms with Crippen molar-refractivity contribution in [3.05, 3.63) is 53.9 Å². The lowest BCUT2D eigenvalue weighted by Crippen LogP contribution is -2.33. The maximum absolute atomic E-state index is 7.63. The minimum atomic E-state index is -2.13. The highest BCUT2D eigenvalue weighted by atomic mass is 15.4. The van der Waals surface area contributed by atoms with Crippen molar-refractivity contribution in [2.24, 2.45) is 0 Å². The zero-order chi connectivity index (χ0) is 16.4. The molecule has 0 bridgehead atoms. The molecular weight excluding hydrogens is 248 g/mol. The number of hydrogen-bond donors (Lipinski definition) is 0. The average molecular weight is 269 g/mol. The summed E-state index contributed by atoms with van der Waals surface area (Å²) in [6, 6.07) is 4.31. The third-order valence-electron chi connectivity index (χ3n) is 4.19. The summed E-state index contributed by atoms with van der Waals surface area (Å²) >= 11 is 0. The molecule has 2 aromatic rings. The summed E-state index contributed by atoms with van der Waals surface area (Å²) in [6.07, 6.45) is 7.87. The van der Waals surface area contributed by atoms with Crippen LogP contribution in [-0.4, -0.2) is 27.6 Å². The lowest BCUT2D eigenvalue weighted by Gasteiger charge is -2.28. The summed E-state index contributed by atoms with van der Waals surface area (Å²) in [4.78, 5) is 7.80. The standard InChI is InChI=1S/C16H18N4/c1-11-8-13-9-16-17-4-5-20(16)15(13)10-14(11)19-7-6-18(3)12(19)2/h4-8,10,12H,9H2,1-3H3/t12-/m0/s1/i3D3. The molecule has 0 aliphatic carbocycles. The number of nitrogens with zero attached hydrogens (tertiary/aromatic N) is 4. The molecule has 0 amide bonds. The van der Waals surface area contributed by atoms with Crippen LogP contribution in [0.25, 0.3) is 5.69 Å². The maximum Gasteiger partial charge on any atom is 0.117 e. The van der Waals surface area contributed by atoms with E-state index < -0.39 is 6.98 Å². The second-order valence-corrected chi connectivity index (χ2v) is 5.40. The summed E-state index contributed by atoms with van der Waals surface area (Å²) in [7, 11) is 0. The predicted octanol–water partition coefficient (Wildman–Crippen LogP) is 2.65. The van der Waals surface area contributed by atoms with Crippen molar-refractivity contribution in [3.63, 3.8) is 0 Å². The van der Waals surface area contributed by atoms with Crippen molar-refractivity contribution >= 4 is 5.69 Å². The highest BCUT2D eigenvalue weighted by Crippen LogP contribution is 2.35. The second-order valence-electron chi connectivity index (χ2n) is 5.40. The van der Waals surface area contributed by atoms with Gasteiger partial charge in [-0.3, -0.25) is 0 Å². The topological polar surface area (TPSA) is 24.3 Å². The van der Waals surface area contributed by atoms with Gasteiger partial charge in [0.1, 0.15) is 12.0 Å². The van der Waals surface area contributed by atoms with E-state index in [1.807, 2.05) is 30.4 Å². The molecule has 0 saturated heterocycles. The Morgan fingerprint density at radius 3 is 3.00 bits per heavy atom. The monoisotopic (exact) mass is 269 g/mol. The van der Waals surface area contributed by atoms with Gasteiger partial charge in [-0.1, -0.05) is 6.07 Å². The summed E-state index contributed by atoms with van der Waals surface area (Å²) in [5.74, 6) is 1.05. The van der Waals surface area contributed by atoms with Gasteiger partial charge in [0.05, 0.1) is 5.69 Å². The molecule has 4 heteroatoms. The largest absolute Gasteiger partial charge is 0.359 e. The zero-order valence-electron chi connectivity index (χ0n) is 14.5. The molecule has 1 aromatic heterocycles. The molecule has 0 radical (unpaired) electrons. The fraction of sp³-hybridized carbons (Fsp3) is 0.312. The number of benzene rings is 1. The van der Waals surface area contributed by atoms with Crippen LogP contribution < -0.4 is 4.90 Å². The average Bonchev–Trinajstić information content (AvgIpc) is 3.11. The third kappa shape index (κ3) is 1.45. The van der Waals surface area contributed by atoms with E-state index in [2.05, 4.69) is 28.6 Å². The van der Waals surface area contributed by atoms with Crippen LogP contribution in [0.2, 0.25) is 0 Å². The Kier molecular flexibility index (Phi) is 1.72. The first-order chi connectivity index (χ1) is 10.9. The maximum atomic E-state index is 7.63. The summed E-state index contributed by atoms with van der Waals surface area (Å²) in [5.41, 5.74) is 4.56. The Bertz CT molecular complexity index is 806. The smallest absolute Gasteiger partial charge is 0.117 e. The van der Waals surface area contributed by atoms with Crippen molar-refractivity contribution in [2.75, 3.05) is 11.9 Å². The van der Waals surface area contributed by atoms with Crippen LogP contribution in [0.1, 0.15) is 28.0 Å². The van der Waals surface area contributed by atoms with E-state index in [1.54, 1.807) is 6.20 Å². The molecule has 102 valence electrons. The van der Waals surface area contributed by atoms with Crippen LogP contribution in [0.5, 0.6) is 0 Å². The molecule has 20 heavy (non-hydrogen) atoms. The first-order valence-corrected chi connectivity index (χ1v) is 6.77. The van der Waals surface area contributed by atoms with Crippen LogP contribution in [0.3, 0.4) is 0 Å². The first kappa shape index (κ1) is 8.84. The molecule has 0 unspecified atom stereocenters. The highest BCUT2D eigenvalue weighted by molar-refractivity contribution is 5.66. The number of hydrogen-bond acceptors (Lipinski definition) is 3. The van der Waals surface area contributed by atoms with E-state index in [0.29, 0.717) is 0 Å². The molecule has 4 nitrogen and oxygen atoms in total. The molecule has 4 rings (SSSR count). The van der Waals surface area contributed by atoms with Crippen molar-refractivity contribution in [3.8, 4) is 5.69 Å². The highest BCUT2D eigenvalue weighted by Gasteiger charge is 2.25. The van der Waals surface area contributed by atoms with Crippen LogP contribution in [0.15, 0.2) is 36.9 Å². The number of fused-ring (bicyclic) bond motifs is 3. The van der Waals surface area contributed by atoms with Crippen LogP contribution >= 0.6 is 0 Å². The van der Waals surface area contributed by atoms with Crippen molar-refractivity contribution in [1.82, 2.24) is 14.5 Å². The minimum absolute atomic E-state index is 0.247. The quantitative estimate of drug-likeness (QED) is 0.679. The van der Waals surface area contributed by atoms with E-state index in [-0.39, 0.29) is 6.17 Å². The first-order valence-electron chi connectivity index (χ1n) is 8.27. The lowest BCUT2D eigenvalue weighted by atomic mass is 10.1. The van der Waals surface area contributed by atoms with Gasteiger partial charge in [-0.05, 0) is 31.0 Å².